The van der Waals surface area contributed by atoms with Crippen LogP contribution in [-0.2, 0) is 6.18 Å². The van der Waals surface area contributed by atoms with Crippen molar-refractivity contribution < 1.29 is 17.9 Å². The van der Waals surface area contributed by atoms with Gasteiger partial charge in [0, 0.05) is 24.0 Å². The highest BCUT2D eigenvalue weighted by Crippen LogP contribution is 2.43. The van der Waals surface area contributed by atoms with Gasteiger partial charge < -0.3 is 20.3 Å². The molecule has 1 aliphatic carbocycles. The van der Waals surface area contributed by atoms with Gasteiger partial charge in [-0.25, -0.2) is 4.98 Å². The van der Waals surface area contributed by atoms with Crippen LogP contribution in [0.2, 0.25) is 5.02 Å². The van der Waals surface area contributed by atoms with Gasteiger partial charge in [0.25, 0.3) is 0 Å². The zero-order valence-corrected chi connectivity index (χ0v) is 21.0. The Bertz CT molecular complexity index is 1290. The van der Waals surface area contributed by atoms with Gasteiger partial charge >= 0.3 is 12.2 Å². The Labute approximate surface area is 212 Å². The van der Waals surface area contributed by atoms with Crippen LogP contribution in [0.4, 0.5) is 24.8 Å². The van der Waals surface area contributed by atoms with E-state index in [1.54, 1.807) is 6.07 Å². The highest BCUT2D eigenvalue weighted by Gasteiger charge is 2.46. The Morgan fingerprint density at radius 2 is 1.81 bits per heavy atom. The Morgan fingerprint density at radius 3 is 2.44 bits per heavy atom. The molecule has 0 unspecified atom stereocenters. The summed E-state index contributed by atoms with van der Waals surface area (Å²) in [5.74, 6) is 0.641. The lowest BCUT2D eigenvalue weighted by atomic mass is 10.0. The molecule has 0 atom stereocenters. The van der Waals surface area contributed by atoms with Crippen LogP contribution in [-0.4, -0.2) is 59.2 Å². The molecule has 0 radical (unpaired) electrons. The molecule has 1 aromatic carbocycles. The van der Waals surface area contributed by atoms with Crippen molar-refractivity contribution in [2.24, 2.45) is 0 Å². The molecule has 0 spiro atoms. The normalized spacial score (nSPS) is 17.6. The average Bonchev–Trinajstić information content (AvgIpc) is 3.63. The molecule has 1 saturated heterocycles. The Balaban J connectivity index is 1.63. The van der Waals surface area contributed by atoms with Gasteiger partial charge in [0.2, 0.25) is 0 Å². The van der Waals surface area contributed by atoms with Crippen LogP contribution >= 0.6 is 11.6 Å². The van der Waals surface area contributed by atoms with Gasteiger partial charge in [0.15, 0.2) is 0 Å². The van der Waals surface area contributed by atoms with Gasteiger partial charge in [-0.1, -0.05) is 11.6 Å². The van der Waals surface area contributed by atoms with E-state index in [2.05, 4.69) is 19.8 Å². The van der Waals surface area contributed by atoms with E-state index < -0.39 is 11.7 Å². The first-order chi connectivity index (χ1) is 17.1. The first kappa shape index (κ1) is 24.8. The predicted molar refractivity (Wildman–Crippen MR) is 134 cm³/mol. The lowest BCUT2D eigenvalue weighted by molar-refractivity contribution is -0.137. The predicted octanol–water partition coefficient (Wildman–Crippen LogP) is 5.41. The molecule has 0 amide bonds. The summed E-state index contributed by atoms with van der Waals surface area (Å²) in [5, 5.41) is 0.773. The maximum atomic E-state index is 13.8. The third-order valence-electron chi connectivity index (χ3n) is 7.12. The number of ether oxygens (including phenoxy) is 1. The Morgan fingerprint density at radius 1 is 1.08 bits per heavy atom. The Kier molecular flexibility index (Phi) is 6.36. The number of anilines is 2. The number of nitrogen functional groups attached to an aromatic ring is 1. The molecule has 3 aromatic rings. The summed E-state index contributed by atoms with van der Waals surface area (Å²) >= 11 is 6.57. The van der Waals surface area contributed by atoms with Crippen LogP contribution in [0.5, 0.6) is 6.01 Å². The molecule has 3 heterocycles. The minimum atomic E-state index is -4.63. The zero-order valence-electron chi connectivity index (χ0n) is 20.2. The number of hydrogen-bond donors (Lipinski definition) is 1. The Hall–Kier alpha value is -2.85. The fourth-order valence-corrected chi connectivity index (χ4v) is 4.93. The summed E-state index contributed by atoms with van der Waals surface area (Å²) in [5.41, 5.74) is 5.00. The molecule has 7 nitrogen and oxygen atoms in total. The van der Waals surface area contributed by atoms with Gasteiger partial charge in [-0.15, -0.1) is 0 Å². The van der Waals surface area contributed by atoms with Crippen molar-refractivity contribution in [3.8, 4) is 17.3 Å². The average molecular weight is 521 g/mol. The minimum absolute atomic E-state index is 0.0340. The number of benzene rings is 1. The van der Waals surface area contributed by atoms with E-state index in [0.29, 0.717) is 23.3 Å². The van der Waals surface area contributed by atoms with Gasteiger partial charge in [-0.2, -0.15) is 23.1 Å². The number of nitrogens with two attached hydrogens (primary N) is 1. The van der Waals surface area contributed by atoms with Crippen molar-refractivity contribution in [1.82, 2.24) is 19.9 Å². The van der Waals surface area contributed by atoms with Crippen molar-refractivity contribution in [2.45, 2.75) is 43.8 Å². The van der Waals surface area contributed by atoms with Gasteiger partial charge in [0.1, 0.15) is 18.2 Å². The topological polar surface area (TPSA) is 80.4 Å². The van der Waals surface area contributed by atoms with E-state index in [9.17, 15) is 13.2 Å². The number of fused-ring (bicyclic) bond motifs is 1. The van der Waals surface area contributed by atoms with Crippen molar-refractivity contribution in [2.75, 3.05) is 44.4 Å². The SMILES string of the molecule is CN(C)C1(COc2nc(N3CCCCC3)c3cc(Cl)c(-c4nc(N)ccc4C(F)(F)F)cc3n2)CC1. The number of rotatable bonds is 6. The highest BCUT2D eigenvalue weighted by molar-refractivity contribution is 6.34. The largest absolute Gasteiger partial charge is 0.461 e. The molecule has 1 saturated carbocycles. The van der Waals surface area contributed by atoms with Crippen molar-refractivity contribution >= 4 is 34.1 Å². The summed E-state index contributed by atoms with van der Waals surface area (Å²) in [6.45, 7) is 2.07. The van der Waals surface area contributed by atoms with Crippen molar-refractivity contribution in [3.05, 3.63) is 34.9 Å². The van der Waals surface area contributed by atoms with Crippen molar-refractivity contribution in [3.63, 3.8) is 0 Å². The second kappa shape index (κ2) is 9.23. The van der Waals surface area contributed by atoms with Gasteiger partial charge in [-0.05, 0) is 70.5 Å². The smallest absolute Gasteiger partial charge is 0.418 e. The molecule has 0 bridgehead atoms. The van der Waals surface area contributed by atoms with Crippen LogP contribution in [0.15, 0.2) is 24.3 Å². The van der Waals surface area contributed by atoms with E-state index in [4.69, 9.17) is 27.1 Å². The summed E-state index contributed by atoms with van der Waals surface area (Å²) in [6.07, 6.45) is 0.610. The fraction of sp³-hybridized carbons (Fsp3) is 0.480. The van der Waals surface area contributed by atoms with E-state index >= 15 is 0 Å². The molecule has 2 aliphatic rings. The van der Waals surface area contributed by atoms with Gasteiger partial charge in [-0.3, -0.25) is 0 Å². The number of aromatic nitrogens is 3. The minimum Gasteiger partial charge on any atom is -0.461 e. The lowest BCUT2D eigenvalue weighted by Gasteiger charge is -2.29. The molecule has 5 rings (SSSR count). The molecule has 2 fully saturated rings. The summed E-state index contributed by atoms with van der Waals surface area (Å²) < 4.78 is 47.4. The fourth-order valence-electron chi connectivity index (χ4n) is 4.68. The standard InChI is InChI=1S/C25H28ClF3N6O/c1-34(2)24(8-9-24)14-36-23-31-19-13-15(21-17(25(27,28)29)6-7-20(30)32-21)18(26)12-16(19)22(33-23)35-10-4-3-5-11-35/h6-7,12-13H,3-5,8-11,14H2,1-2H3,(H2,30,32). The van der Waals surface area contributed by atoms with Crippen LogP contribution in [0.3, 0.4) is 0 Å². The molecular formula is C25H28ClF3N6O. The first-order valence-corrected chi connectivity index (χ1v) is 12.4. The number of hydrogen-bond acceptors (Lipinski definition) is 7. The number of nitrogens with zero attached hydrogens (tertiary/aromatic N) is 5. The lowest BCUT2D eigenvalue weighted by Crippen LogP contribution is -2.36. The maximum Gasteiger partial charge on any atom is 0.418 e. The van der Waals surface area contributed by atoms with Crippen molar-refractivity contribution in [1.29, 1.82) is 0 Å². The number of likely N-dealkylation sites (N-methyl/N-ethyl adjacent to an activating group) is 1. The first-order valence-electron chi connectivity index (χ1n) is 12.0. The van der Waals surface area contributed by atoms with Crippen LogP contribution in [0.25, 0.3) is 22.2 Å². The van der Waals surface area contributed by atoms with E-state index in [1.807, 2.05) is 14.1 Å². The number of alkyl halides is 3. The van der Waals surface area contributed by atoms with E-state index in [-0.39, 0.29) is 33.6 Å². The summed E-state index contributed by atoms with van der Waals surface area (Å²) in [7, 11) is 4.03. The molecular weight excluding hydrogens is 493 g/mol. The molecule has 11 heteroatoms. The second-order valence-corrected chi connectivity index (χ2v) is 10.2. The van der Waals surface area contributed by atoms with Crippen LogP contribution in [0.1, 0.15) is 37.7 Å². The molecule has 2 aromatic heterocycles. The molecule has 1 aliphatic heterocycles. The molecule has 2 N–H and O–H groups in total. The molecule has 192 valence electrons. The van der Waals surface area contributed by atoms with E-state index in [0.717, 1.165) is 57.3 Å². The van der Waals surface area contributed by atoms with E-state index in [1.165, 1.54) is 6.07 Å². The number of halogens is 4. The molecule has 36 heavy (non-hydrogen) atoms. The van der Waals surface area contributed by atoms with Gasteiger partial charge in [0.05, 0.1) is 27.3 Å². The second-order valence-electron chi connectivity index (χ2n) is 9.76. The number of pyridine rings is 1. The summed E-state index contributed by atoms with van der Waals surface area (Å²) in [6, 6.07) is 5.38. The third-order valence-corrected chi connectivity index (χ3v) is 7.44. The summed E-state index contributed by atoms with van der Waals surface area (Å²) in [4.78, 5) is 17.6. The zero-order chi connectivity index (χ0) is 25.7. The van der Waals surface area contributed by atoms with Crippen LogP contribution in [0, 0.1) is 0 Å². The highest BCUT2D eigenvalue weighted by atomic mass is 35.5. The van der Waals surface area contributed by atoms with Crippen LogP contribution < -0.4 is 15.4 Å². The quantitative estimate of drug-likeness (QED) is 0.465. The maximum absolute atomic E-state index is 13.8. The number of piperidine rings is 1. The third kappa shape index (κ3) is 4.76. The monoisotopic (exact) mass is 520 g/mol.